The average molecular weight is 240 g/mol. The van der Waals surface area contributed by atoms with E-state index in [1.54, 1.807) is 0 Å². The zero-order valence-electron chi connectivity index (χ0n) is 11.4. The highest BCUT2D eigenvalue weighted by Gasteiger charge is 2.24. The zero-order chi connectivity index (χ0) is 13.1. The number of Topliss-reactive ketones (excluding diaryl/α,β-unsaturated/α-hetero) is 1. The van der Waals surface area contributed by atoms with Crippen LogP contribution in [0.3, 0.4) is 0 Å². The number of nitrogens with one attached hydrogen (secondary N) is 1. The lowest BCUT2D eigenvalue weighted by Gasteiger charge is -2.31. The van der Waals surface area contributed by atoms with Gasteiger partial charge in [0.2, 0.25) is 0 Å². The van der Waals surface area contributed by atoms with Crippen LogP contribution in [0.5, 0.6) is 0 Å². The number of urea groups is 1. The molecule has 0 aromatic carbocycles. The number of amides is 2. The number of ketones is 1. The minimum absolute atomic E-state index is 0.0657. The van der Waals surface area contributed by atoms with Crippen molar-refractivity contribution < 1.29 is 9.59 Å². The van der Waals surface area contributed by atoms with Crippen LogP contribution in [-0.4, -0.2) is 36.3 Å². The molecule has 17 heavy (non-hydrogen) atoms. The molecule has 1 fully saturated rings. The van der Waals surface area contributed by atoms with Gasteiger partial charge in [0.05, 0.1) is 6.54 Å². The summed E-state index contributed by atoms with van der Waals surface area (Å²) in [6.07, 6.45) is 2.24. The molecule has 1 N–H and O–H groups in total. The third kappa shape index (κ3) is 4.36. The van der Waals surface area contributed by atoms with E-state index in [1.807, 2.05) is 25.7 Å². The Labute approximate surface area is 104 Å². The standard InChI is InChI=1S/C13H24N2O2/c1-10-6-5-7-15(9-10)12(17)14-8-11(16)13(2,3)4/h10H,5-9H2,1-4H3,(H,14,17). The lowest BCUT2D eigenvalue weighted by Crippen LogP contribution is -2.47. The molecule has 1 heterocycles. The maximum atomic E-state index is 11.8. The second kappa shape index (κ2) is 5.52. The monoisotopic (exact) mass is 240 g/mol. The Balaban J connectivity index is 2.37. The van der Waals surface area contributed by atoms with E-state index < -0.39 is 0 Å². The predicted octanol–water partition coefficient (Wildman–Crippen LogP) is 2.04. The van der Waals surface area contributed by atoms with Crippen LogP contribution in [0.2, 0.25) is 0 Å². The number of carbonyl (C=O) groups is 2. The maximum absolute atomic E-state index is 11.8. The smallest absolute Gasteiger partial charge is 0.317 e. The summed E-state index contributed by atoms with van der Waals surface area (Å²) in [6.45, 7) is 9.49. The van der Waals surface area contributed by atoms with Gasteiger partial charge in [0.1, 0.15) is 0 Å². The summed E-state index contributed by atoms with van der Waals surface area (Å²) in [7, 11) is 0. The molecule has 1 aliphatic rings. The first-order valence-corrected chi connectivity index (χ1v) is 6.37. The summed E-state index contributed by atoms with van der Waals surface area (Å²) in [5.74, 6) is 0.628. The molecule has 1 rings (SSSR count). The fraction of sp³-hybridized carbons (Fsp3) is 0.846. The molecule has 4 heteroatoms. The van der Waals surface area contributed by atoms with Crippen molar-refractivity contribution in [3.05, 3.63) is 0 Å². The van der Waals surface area contributed by atoms with Gasteiger partial charge in [-0.15, -0.1) is 0 Å². The predicted molar refractivity (Wildman–Crippen MR) is 67.8 cm³/mol. The first-order chi connectivity index (χ1) is 7.80. The summed E-state index contributed by atoms with van der Waals surface area (Å²) in [6, 6.07) is -0.103. The summed E-state index contributed by atoms with van der Waals surface area (Å²) in [5, 5.41) is 2.72. The molecule has 0 bridgehead atoms. The van der Waals surface area contributed by atoms with Gasteiger partial charge in [-0.2, -0.15) is 0 Å². The van der Waals surface area contributed by atoms with Gasteiger partial charge in [-0.25, -0.2) is 4.79 Å². The van der Waals surface area contributed by atoms with E-state index in [0.29, 0.717) is 5.92 Å². The minimum Gasteiger partial charge on any atom is -0.331 e. The molecule has 0 spiro atoms. The van der Waals surface area contributed by atoms with Crippen molar-refractivity contribution in [2.75, 3.05) is 19.6 Å². The van der Waals surface area contributed by atoms with Crippen molar-refractivity contribution in [3.63, 3.8) is 0 Å². The Morgan fingerprint density at radius 3 is 2.53 bits per heavy atom. The van der Waals surface area contributed by atoms with E-state index in [4.69, 9.17) is 0 Å². The fourth-order valence-corrected chi connectivity index (χ4v) is 1.91. The van der Waals surface area contributed by atoms with Crippen molar-refractivity contribution in [1.82, 2.24) is 10.2 Å². The van der Waals surface area contributed by atoms with Crippen LogP contribution in [-0.2, 0) is 4.79 Å². The van der Waals surface area contributed by atoms with Gasteiger partial charge in [0.15, 0.2) is 5.78 Å². The van der Waals surface area contributed by atoms with Crippen LogP contribution in [0.15, 0.2) is 0 Å². The topological polar surface area (TPSA) is 49.4 Å². The molecule has 2 amide bonds. The van der Waals surface area contributed by atoms with Crippen molar-refractivity contribution in [3.8, 4) is 0 Å². The van der Waals surface area contributed by atoms with Gasteiger partial charge in [-0.05, 0) is 18.8 Å². The molecule has 0 aromatic rings. The highest BCUT2D eigenvalue weighted by Crippen LogP contribution is 2.16. The summed E-state index contributed by atoms with van der Waals surface area (Å²) in [5.41, 5.74) is -0.386. The molecule has 0 radical (unpaired) electrons. The second-order valence-corrected chi connectivity index (χ2v) is 6.03. The van der Waals surface area contributed by atoms with Gasteiger partial charge < -0.3 is 10.2 Å². The lowest BCUT2D eigenvalue weighted by molar-refractivity contribution is -0.125. The minimum atomic E-state index is -0.386. The summed E-state index contributed by atoms with van der Waals surface area (Å²) in [4.78, 5) is 25.3. The Morgan fingerprint density at radius 1 is 1.35 bits per heavy atom. The number of nitrogens with zero attached hydrogens (tertiary/aromatic N) is 1. The van der Waals surface area contributed by atoms with Gasteiger partial charge >= 0.3 is 6.03 Å². The number of likely N-dealkylation sites (tertiary alicyclic amines) is 1. The van der Waals surface area contributed by atoms with Crippen LogP contribution < -0.4 is 5.32 Å². The lowest BCUT2D eigenvalue weighted by atomic mass is 9.91. The molecule has 1 atom stereocenters. The third-order valence-corrected chi connectivity index (χ3v) is 3.18. The van der Waals surface area contributed by atoms with Crippen molar-refractivity contribution >= 4 is 11.8 Å². The molecule has 1 unspecified atom stereocenters. The molecule has 4 nitrogen and oxygen atoms in total. The molecule has 0 saturated carbocycles. The quantitative estimate of drug-likeness (QED) is 0.803. The molecule has 98 valence electrons. The normalized spacial score (nSPS) is 21.2. The Hall–Kier alpha value is -1.06. The van der Waals surface area contributed by atoms with Crippen molar-refractivity contribution in [1.29, 1.82) is 0 Å². The van der Waals surface area contributed by atoms with E-state index >= 15 is 0 Å². The molecule has 1 aliphatic heterocycles. The van der Waals surface area contributed by atoms with Crippen molar-refractivity contribution in [2.45, 2.75) is 40.5 Å². The Bertz CT molecular complexity index is 294. The number of hydrogen-bond acceptors (Lipinski definition) is 2. The zero-order valence-corrected chi connectivity index (χ0v) is 11.4. The fourth-order valence-electron chi connectivity index (χ4n) is 1.91. The van der Waals surface area contributed by atoms with Crippen LogP contribution in [0, 0.1) is 11.3 Å². The second-order valence-electron chi connectivity index (χ2n) is 6.03. The van der Waals surface area contributed by atoms with E-state index in [9.17, 15) is 9.59 Å². The number of carbonyl (C=O) groups excluding carboxylic acids is 2. The van der Waals surface area contributed by atoms with E-state index in [2.05, 4.69) is 12.2 Å². The van der Waals surface area contributed by atoms with Crippen LogP contribution in [0.4, 0.5) is 4.79 Å². The first kappa shape index (κ1) is 14.0. The van der Waals surface area contributed by atoms with Crippen LogP contribution in [0.1, 0.15) is 40.5 Å². The number of piperidine rings is 1. The van der Waals surface area contributed by atoms with Crippen molar-refractivity contribution in [2.24, 2.45) is 11.3 Å². The Morgan fingerprint density at radius 2 is 2.00 bits per heavy atom. The van der Waals surface area contributed by atoms with E-state index in [1.165, 1.54) is 6.42 Å². The van der Waals surface area contributed by atoms with Crippen LogP contribution >= 0.6 is 0 Å². The summed E-state index contributed by atoms with van der Waals surface area (Å²) < 4.78 is 0. The average Bonchev–Trinajstić information content (AvgIpc) is 2.24. The summed E-state index contributed by atoms with van der Waals surface area (Å²) >= 11 is 0. The van der Waals surface area contributed by atoms with Crippen LogP contribution in [0.25, 0.3) is 0 Å². The van der Waals surface area contributed by atoms with Gasteiger partial charge in [-0.1, -0.05) is 27.7 Å². The molecular formula is C13H24N2O2. The largest absolute Gasteiger partial charge is 0.331 e. The Kier molecular flexibility index (Phi) is 4.54. The van der Waals surface area contributed by atoms with Gasteiger partial charge in [0.25, 0.3) is 0 Å². The molecule has 0 aliphatic carbocycles. The van der Waals surface area contributed by atoms with Gasteiger partial charge in [-0.3, -0.25) is 4.79 Å². The highest BCUT2D eigenvalue weighted by molar-refractivity contribution is 5.88. The third-order valence-electron chi connectivity index (χ3n) is 3.18. The number of rotatable bonds is 2. The molecule has 0 aromatic heterocycles. The van der Waals surface area contributed by atoms with E-state index in [-0.39, 0.29) is 23.8 Å². The maximum Gasteiger partial charge on any atom is 0.317 e. The molecular weight excluding hydrogens is 216 g/mol. The number of hydrogen-bond donors (Lipinski definition) is 1. The highest BCUT2D eigenvalue weighted by atomic mass is 16.2. The molecule has 1 saturated heterocycles. The SMILES string of the molecule is CC1CCCN(C(=O)NCC(=O)C(C)(C)C)C1. The first-order valence-electron chi connectivity index (χ1n) is 6.37. The van der Waals surface area contributed by atoms with E-state index in [0.717, 1.165) is 19.5 Å². The van der Waals surface area contributed by atoms with Gasteiger partial charge in [0, 0.05) is 18.5 Å².